The van der Waals surface area contributed by atoms with E-state index in [2.05, 4.69) is 18.8 Å². The first kappa shape index (κ1) is 13.6. The predicted octanol–water partition coefficient (Wildman–Crippen LogP) is 3.58. The maximum absolute atomic E-state index is 5.88. The van der Waals surface area contributed by atoms with Crippen LogP contribution in [0.5, 0.6) is 0 Å². The summed E-state index contributed by atoms with van der Waals surface area (Å²) in [7, 11) is 0. The molecule has 2 N–H and O–H groups in total. The molecule has 0 saturated heterocycles. The minimum atomic E-state index is 0.770. The molecule has 16 heavy (non-hydrogen) atoms. The molecular weight excluding hydrogens is 194 g/mol. The molecule has 0 radical (unpaired) electrons. The standard InChI is InChI=1S/C15H27N/c1-3-5-6-8-14-11-13(7-4-2)9-10-15(14)12-16/h13-15H,4,6-12,16H2,1-2H3. The molecule has 3 atom stereocenters. The lowest BCUT2D eigenvalue weighted by molar-refractivity contribution is 0.169. The number of hydrogen-bond acceptors (Lipinski definition) is 1. The highest BCUT2D eigenvalue weighted by Gasteiger charge is 2.28. The largest absolute Gasteiger partial charge is 0.330 e. The van der Waals surface area contributed by atoms with E-state index in [-0.39, 0.29) is 0 Å². The fourth-order valence-corrected chi connectivity index (χ4v) is 3.14. The van der Waals surface area contributed by atoms with Gasteiger partial charge in [0.1, 0.15) is 0 Å². The van der Waals surface area contributed by atoms with Crippen LogP contribution >= 0.6 is 0 Å². The zero-order valence-corrected chi connectivity index (χ0v) is 11.0. The van der Waals surface area contributed by atoms with Crippen LogP contribution in [0.2, 0.25) is 0 Å². The molecule has 0 aromatic heterocycles. The van der Waals surface area contributed by atoms with Gasteiger partial charge in [-0.25, -0.2) is 0 Å². The fourth-order valence-electron chi connectivity index (χ4n) is 3.14. The molecule has 3 unspecified atom stereocenters. The van der Waals surface area contributed by atoms with Gasteiger partial charge in [-0.05, 0) is 50.5 Å². The molecule has 92 valence electrons. The first-order chi connectivity index (χ1) is 7.81. The molecular formula is C15H27N. The third-order valence-corrected chi connectivity index (χ3v) is 4.07. The van der Waals surface area contributed by atoms with Gasteiger partial charge in [0.25, 0.3) is 0 Å². The van der Waals surface area contributed by atoms with Crippen LogP contribution in [0.25, 0.3) is 0 Å². The Hall–Kier alpha value is -0.480. The van der Waals surface area contributed by atoms with E-state index in [0.717, 1.165) is 30.7 Å². The molecule has 1 saturated carbocycles. The van der Waals surface area contributed by atoms with E-state index >= 15 is 0 Å². The molecule has 1 aliphatic carbocycles. The molecule has 1 rings (SSSR count). The highest BCUT2D eigenvalue weighted by molar-refractivity contribution is 4.96. The highest BCUT2D eigenvalue weighted by atomic mass is 14.6. The van der Waals surface area contributed by atoms with Crippen LogP contribution in [-0.4, -0.2) is 6.54 Å². The number of rotatable bonds is 5. The fraction of sp³-hybridized carbons (Fsp3) is 0.867. The van der Waals surface area contributed by atoms with Gasteiger partial charge >= 0.3 is 0 Å². The summed E-state index contributed by atoms with van der Waals surface area (Å²) in [6.45, 7) is 5.11. The maximum atomic E-state index is 5.88. The minimum Gasteiger partial charge on any atom is -0.330 e. The van der Waals surface area contributed by atoms with Crippen LogP contribution in [0.1, 0.15) is 58.8 Å². The van der Waals surface area contributed by atoms with Crippen LogP contribution in [0.3, 0.4) is 0 Å². The van der Waals surface area contributed by atoms with Crippen LogP contribution < -0.4 is 5.73 Å². The smallest absolute Gasteiger partial charge is 0.00913 e. The zero-order chi connectivity index (χ0) is 11.8. The Bertz CT molecular complexity index is 236. The first-order valence-electron chi connectivity index (χ1n) is 6.91. The number of nitrogens with two attached hydrogens (primary N) is 1. The van der Waals surface area contributed by atoms with Gasteiger partial charge in [-0.3, -0.25) is 0 Å². The lowest BCUT2D eigenvalue weighted by atomic mass is 9.71. The van der Waals surface area contributed by atoms with Gasteiger partial charge in [-0.15, -0.1) is 11.8 Å². The van der Waals surface area contributed by atoms with E-state index in [0.29, 0.717) is 0 Å². The lowest BCUT2D eigenvalue weighted by Crippen LogP contribution is -2.30. The van der Waals surface area contributed by atoms with Crippen molar-refractivity contribution in [3.05, 3.63) is 0 Å². The monoisotopic (exact) mass is 221 g/mol. The van der Waals surface area contributed by atoms with E-state index in [1.54, 1.807) is 0 Å². The SMILES string of the molecule is CC#CCCC1CC(CCC)CCC1CN. The summed E-state index contributed by atoms with van der Waals surface area (Å²) in [6, 6.07) is 0. The molecule has 0 aliphatic heterocycles. The maximum Gasteiger partial charge on any atom is 0.00913 e. The summed E-state index contributed by atoms with van der Waals surface area (Å²) in [4.78, 5) is 0. The summed E-state index contributed by atoms with van der Waals surface area (Å²) in [5, 5.41) is 0. The van der Waals surface area contributed by atoms with Crippen LogP contribution in [0, 0.1) is 29.6 Å². The Labute approximate surface area is 101 Å². The Morgan fingerprint density at radius 2 is 2.00 bits per heavy atom. The second kappa shape index (κ2) is 7.74. The Kier molecular flexibility index (Phi) is 6.57. The van der Waals surface area contributed by atoms with Crippen LogP contribution in [0.4, 0.5) is 0 Å². The second-order valence-electron chi connectivity index (χ2n) is 5.19. The van der Waals surface area contributed by atoms with Gasteiger partial charge in [0.05, 0.1) is 0 Å². The molecule has 1 fully saturated rings. The highest BCUT2D eigenvalue weighted by Crippen LogP contribution is 2.37. The van der Waals surface area contributed by atoms with Crippen molar-refractivity contribution in [2.75, 3.05) is 6.54 Å². The predicted molar refractivity (Wildman–Crippen MR) is 71.0 cm³/mol. The summed E-state index contributed by atoms with van der Waals surface area (Å²) >= 11 is 0. The van der Waals surface area contributed by atoms with E-state index in [1.807, 2.05) is 6.92 Å². The average molecular weight is 221 g/mol. The molecule has 1 heteroatoms. The van der Waals surface area contributed by atoms with E-state index in [9.17, 15) is 0 Å². The van der Waals surface area contributed by atoms with Crippen molar-refractivity contribution in [1.82, 2.24) is 0 Å². The molecule has 0 aromatic rings. The Morgan fingerprint density at radius 3 is 2.62 bits per heavy atom. The molecule has 0 amide bonds. The molecule has 0 spiro atoms. The van der Waals surface area contributed by atoms with E-state index < -0.39 is 0 Å². The van der Waals surface area contributed by atoms with E-state index in [1.165, 1.54) is 38.5 Å². The average Bonchev–Trinajstić information content (AvgIpc) is 2.30. The lowest BCUT2D eigenvalue weighted by Gasteiger charge is -2.35. The molecule has 1 nitrogen and oxygen atoms in total. The second-order valence-corrected chi connectivity index (χ2v) is 5.19. The summed E-state index contributed by atoms with van der Waals surface area (Å²) in [5.74, 6) is 8.77. The molecule has 0 aromatic carbocycles. The van der Waals surface area contributed by atoms with Crippen molar-refractivity contribution in [2.45, 2.75) is 58.8 Å². The van der Waals surface area contributed by atoms with Gasteiger partial charge in [0, 0.05) is 6.42 Å². The van der Waals surface area contributed by atoms with Gasteiger partial charge in [-0.1, -0.05) is 26.2 Å². The Balaban J connectivity index is 2.42. The quantitative estimate of drug-likeness (QED) is 0.706. The molecule has 0 heterocycles. The van der Waals surface area contributed by atoms with Crippen molar-refractivity contribution < 1.29 is 0 Å². The summed E-state index contributed by atoms with van der Waals surface area (Å²) in [5.41, 5.74) is 5.88. The van der Waals surface area contributed by atoms with Crippen molar-refractivity contribution in [1.29, 1.82) is 0 Å². The number of hydrogen-bond donors (Lipinski definition) is 1. The van der Waals surface area contributed by atoms with Gasteiger partial charge in [0.2, 0.25) is 0 Å². The normalized spacial score (nSPS) is 29.6. The van der Waals surface area contributed by atoms with Gasteiger partial charge < -0.3 is 5.73 Å². The van der Waals surface area contributed by atoms with Crippen LogP contribution in [-0.2, 0) is 0 Å². The van der Waals surface area contributed by atoms with Gasteiger partial charge in [0.15, 0.2) is 0 Å². The van der Waals surface area contributed by atoms with Crippen LogP contribution in [0.15, 0.2) is 0 Å². The topological polar surface area (TPSA) is 26.0 Å². The molecule has 1 aliphatic rings. The van der Waals surface area contributed by atoms with Crippen molar-refractivity contribution in [3.8, 4) is 11.8 Å². The summed E-state index contributed by atoms with van der Waals surface area (Å²) in [6.07, 6.45) is 9.24. The Morgan fingerprint density at radius 1 is 1.19 bits per heavy atom. The van der Waals surface area contributed by atoms with Crippen molar-refractivity contribution >= 4 is 0 Å². The first-order valence-corrected chi connectivity index (χ1v) is 6.91. The molecule has 0 bridgehead atoms. The zero-order valence-electron chi connectivity index (χ0n) is 11.0. The third-order valence-electron chi connectivity index (χ3n) is 4.07. The third kappa shape index (κ3) is 4.18. The van der Waals surface area contributed by atoms with Gasteiger partial charge in [-0.2, -0.15) is 0 Å². The van der Waals surface area contributed by atoms with Crippen molar-refractivity contribution in [2.24, 2.45) is 23.5 Å². The minimum absolute atomic E-state index is 0.770. The van der Waals surface area contributed by atoms with E-state index in [4.69, 9.17) is 5.73 Å². The summed E-state index contributed by atoms with van der Waals surface area (Å²) < 4.78 is 0. The van der Waals surface area contributed by atoms with Crippen molar-refractivity contribution in [3.63, 3.8) is 0 Å².